The van der Waals surface area contributed by atoms with Gasteiger partial charge in [0.2, 0.25) is 0 Å². The van der Waals surface area contributed by atoms with Gasteiger partial charge in [0.05, 0.1) is 6.61 Å². The highest BCUT2D eigenvalue weighted by molar-refractivity contribution is 9.10. The molecular weight excluding hydrogens is 408 g/mol. The van der Waals surface area contributed by atoms with Crippen molar-refractivity contribution in [3.05, 3.63) is 0 Å². The van der Waals surface area contributed by atoms with Crippen molar-refractivity contribution < 1.29 is 33.2 Å². The van der Waals surface area contributed by atoms with Crippen molar-refractivity contribution in [3.8, 4) is 0 Å². The van der Waals surface area contributed by atoms with Gasteiger partial charge < -0.3 is 28.4 Å². The molecule has 3 aliphatic heterocycles. The monoisotopic (exact) mass is 436 g/mol. The van der Waals surface area contributed by atoms with Crippen molar-refractivity contribution in [2.75, 3.05) is 6.61 Å². The molecule has 150 valence electrons. The lowest BCUT2D eigenvalue weighted by Crippen LogP contribution is -2.46. The minimum atomic E-state index is -0.784. The van der Waals surface area contributed by atoms with Crippen molar-refractivity contribution in [1.29, 1.82) is 0 Å². The third kappa shape index (κ3) is 4.42. The topological polar surface area (TPSA) is 72.5 Å². The molecule has 3 aliphatic rings. The van der Waals surface area contributed by atoms with Crippen molar-refractivity contribution in [3.63, 3.8) is 0 Å². The predicted octanol–water partition coefficient (Wildman–Crippen LogP) is 2.88. The maximum absolute atomic E-state index is 12.5. The van der Waals surface area contributed by atoms with Gasteiger partial charge in [-0.05, 0) is 34.1 Å². The molecule has 0 aliphatic carbocycles. The molecule has 3 fully saturated rings. The van der Waals surface area contributed by atoms with Crippen LogP contribution in [0.1, 0.15) is 53.9 Å². The first-order valence-corrected chi connectivity index (χ1v) is 10.2. The van der Waals surface area contributed by atoms with Gasteiger partial charge in [-0.1, -0.05) is 35.7 Å². The number of unbranched alkanes of at least 4 members (excludes halogenated alkanes) is 1. The summed E-state index contributed by atoms with van der Waals surface area (Å²) in [6.45, 7) is 9.77. The van der Waals surface area contributed by atoms with Crippen LogP contribution in [0.2, 0.25) is 0 Å². The summed E-state index contributed by atoms with van der Waals surface area (Å²) in [5, 5.41) is 0. The second-order valence-electron chi connectivity index (χ2n) is 7.95. The summed E-state index contributed by atoms with van der Waals surface area (Å²) in [4.78, 5) is 12.2. The molecule has 0 aromatic rings. The van der Waals surface area contributed by atoms with Crippen LogP contribution in [0, 0.1) is 0 Å². The van der Waals surface area contributed by atoms with Crippen LogP contribution < -0.4 is 0 Å². The molecule has 6 atom stereocenters. The molecule has 26 heavy (non-hydrogen) atoms. The van der Waals surface area contributed by atoms with E-state index in [-0.39, 0.29) is 16.9 Å². The normalized spacial score (nSPS) is 38.9. The van der Waals surface area contributed by atoms with Gasteiger partial charge in [-0.3, -0.25) is 4.79 Å². The fourth-order valence-corrected chi connectivity index (χ4v) is 3.96. The Bertz CT molecular complexity index is 524. The number of hydrogen-bond acceptors (Lipinski definition) is 7. The Morgan fingerprint density at radius 1 is 1.15 bits per heavy atom. The molecule has 3 heterocycles. The Balaban J connectivity index is 1.71. The molecule has 0 saturated carbocycles. The lowest BCUT2D eigenvalue weighted by molar-refractivity contribution is -0.235. The lowest BCUT2D eigenvalue weighted by atomic mass is 10.1. The smallest absolute Gasteiger partial charge is 0.320 e. The van der Waals surface area contributed by atoms with Gasteiger partial charge in [0, 0.05) is 0 Å². The average molecular weight is 437 g/mol. The lowest BCUT2D eigenvalue weighted by Gasteiger charge is -2.29. The second kappa shape index (κ2) is 7.64. The number of fused-ring (bicyclic) bond motifs is 1. The molecule has 0 spiro atoms. The van der Waals surface area contributed by atoms with E-state index in [1.165, 1.54) is 0 Å². The molecule has 0 amide bonds. The maximum Gasteiger partial charge on any atom is 0.320 e. The fraction of sp³-hybridized carbons (Fsp3) is 0.944. The zero-order valence-corrected chi connectivity index (χ0v) is 17.6. The molecule has 3 saturated heterocycles. The van der Waals surface area contributed by atoms with E-state index in [2.05, 4.69) is 22.9 Å². The van der Waals surface area contributed by atoms with E-state index in [9.17, 15) is 4.79 Å². The van der Waals surface area contributed by atoms with Gasteiger partial charge >= 0.3 is 5.97 Å². The number of esters is 1. The van der Waals surface area contributed by atoms with Gasteiger partial charge in [0.1, 0.15) is 17.0 Å². The van der Waals surface area contributed by atoms with Crippen LogP contribution in [-0.4, -0.2) is 59.7 Å². The van der Waals surface area contributed by atoms with E-state index in [0.717, 1.165) is 19.3 Å². The molecule has 0 bridgehead atoms. The average Bonchev–Trinajstić information content (AvgIpc) is 3.15. The highest BCUT2D eigenvalue weighted by Crippen LogP contribution is 2.42. The number of hydrogen-bond donors (Lipinski definition) is 0. The van der Waals surface area contributed by atoms with Crippen LogP contribution in [0.25, 0.3) is 0 Å². The summed E-state index contributed by atoms with van der Waals surface area (Å²) in [7, 11) is 0. The molecule has 3 rings (SSSR count). The quantitative estimate of drug-likeness (QED) is 0.468. The Labute approximate surface area is 163 Å². The van der Waals surface area contributed by atoms with Crippen molar-refractivity contribution in [1.82, 2.24) is 0 Å². The first-order chi connectivity index (χ1) is 12.1. The standard InChI is InChI=1S/C18H29BrO7/c1-6-7-8-10(19)15(20)22-13-12(11-9-21-17(2,3)24-11)23-16-14(13)25-18(4,5)26-16/h10-14,16H,6-9H2,1-5H3/t10-,11+,12+,13-,14+,16+/m0/s1. The first-order valence-electron chi connectivity index (χ1n) is 9.29. The number of rotatable bonds is 6. The minimum absolute atomic E-state index is 0.316. The summed E-state index contributed by atoms with van der Waals surface area (Å²) >= 11 is 3.42. The highest BCUT2D eigenvalue weighted by atomic mass is 79.9. The molecule has 8 heteroatoms. The summed E-state index contributed by atoms with van der Waals surface area (Å²) in [5.41, 5.74) is 0. The van der Waals surface area contributed by atoms with E-state index in [1.807, 2.05) is 27.7 Å². The Hall–Kier alpha value is -0.250. The SMILES string of the molecule is CCCC[C@H](Br)C(=O)O[C@@H]1[C@H]2OC(C)(C)O[C@H]2O[C@@H]1[C@H]1COC(C)(C)O1. The summed E-state index contributed by atoms with van der Waals surface area (Å²) < 4.78 is 35.2. The van der Waals surface area contributed by atoms with Crippen LogP contribution in [0.3, 0.4) is 0 Å². The van der Waals surface area contributed by atoms with Gasteiger partial charge in [0.25, 0.3) is 0 Å². The second-order valence-corrected chi connectivity index (χ2v) is 9.05. The van der Waals surface area contributed by atoms with Crippen LogP contribution in [-0.2, 0) is 33.2 Å². The number of carbonyl (C=O) groups excluding carboxylic acids is 1. The number of carbonyl (C=O) groups is 1. The van der Waals surface area contributed by atoms with E-state index in [4.69, 9.17) is 28.4 Å². The molecule has 7 nitrogen and oxygen atoms in total. The molecular formula is C18H29BrO7. The maximum atomic E-state index is 12.5. The largest absolute Gasteiger partial charge is 0.456 e. The third-order valence-electron chi connectivity index (χ3n) is 4.74. The number of alkyl halides is 1. The van der Waals surface area contributed by atoms with E-state index in [0.29, 0.717) is 6.61 Å². The molecule has 0 aromatic carbocycles. The van der Waals surface area contributed by atoms with E-state index in [1.54, 1.807) is 0 Å². The van der Waals surface area contributed by atoms with Gasteiger partial charge in [0.15, 0.2) is 30.1 Å². The van der Waals surface area contributed by atoms with Gasteiger partial charge in [-0.25, -0.2) is 0 Å². The van der Waals surface area contributed by atoms with E-state index < -0.39 is 36.2 Å². The van der Waals surface area contributed by atoms with Crippen LogP contribution in [0.4, 0.5) is 0 Å². The zero-order valence-electron chi connectivity index (χ0n) is 16.0. The predicted molar refractivity (Wildman–Crippen MR) is 95.7 cm³/mol. The third-order valence-corrected chi connectivity index (χ3v) is 5.57. The van der Waals surface area contributed by atoms with Gasteiger partial charge in [-0.2, -0.15) is 0 Å². The zero-order chi connectivity index (χ0) is 19.1. The fourth-order valence-electron chi connectivity index (χ4n) is 3.52. The Morgan fingerprint density at radius 3 is 2.50 bits per heavy atom. The summed E-state index contributed by atoms with van der Waals surface area (Å²) in [5.74, 6) is -1.79. The van der Waals surface area contributed by atoms with Crippen molar-refractivity contribution in [2.45, 2.75) is 101 Å². The van der Waals surface area contributed by atoms with Gasteiger partial charge in [-0.15, -0.1) is 0 Å². The van der Waals surface area contributed by atoms with Crippen molar-refractivity contribution in [2.24, 2.45) is 0 Å². The Morgan fingerprint density at radius 2 is 1.88 bits per heavy atom. The van der Waals surface area contributed by atoms with Crippen LogP contribution in [0.5, 0.6) is 0 Å². The molecule has 0 unspecified atom stereocenters. The summed E-state index contributed by atoms with van der Waals surface area (Å²) in [6.07, 6.45) is 0.136. The van der Waals surface area contributed by atoms with Crippen LogP contribution >= 0.6 is 15.9 Å². The van der Waals surface area contributed by atoms with Crippen molar-refractivity contribution >= 4 is 21.9 Å². The highest BCUT2D eigenvalue weighted by Gasteiger charge is 2.60. The minimum Gasteiger partial charge on any atom is -0.456 e. The van der Waals surface area contributed by atoms with E-state index >= 15 is 0 Å². The van der Waals surface area contributed by atoms with Crippen LogP contribution in [0.15, 0.2) is 0 Å². The summed E-state index contributed by atoms with van der Waals surface area (Å²) in [6, 6.07) is 0. The molecule has 0 radical (unpaired) electrons. The molecule has 0 aromatic heterocycles. The molecule has 0 N–H and O–H groups in total. The first kappa shape index (κ1) is 20.5. The Kier molecular flexibility index (Phi) is 6.02. The number of ether oxygens (including phenoxy) is 6. The number of halogens is 1.